The molecule has 0 saturated carbocycles. The summed E-state index contributed by atoms with van der Waals surface area (Å²) in [4.78, 5) is 2.15. The molecule has 0 aliphatic carbocycles. The van der Waals surface area contributed by atoms with Crippen molar-refractivity contribution in [1.82, 2.24) is 10.2 Å². The molecule has 2 rings (SSSR count). The van der Waals surface area contributed by atoms with Crippen LogP contribution in [0.25, 0.3) is 0 Å². The lowest BCUT2D eigenvalue weighted by molar-refractivity contribution is 0.376. The van der Waals surface area contributed by atoms with Crippen molar-refractivity contribution in [3.8, 4) is 0 Å². The van der Waals surface area contributed by atoms with E-state index in [4.69, 9.17) is 16.0 Å². The lowest BCUT2D eigenvalue weighted by Gasteiger charge is -2.29. The Bertz CT molecular complexity index is 307. The maximum atomic E-state index is 5.61. The zero-order chi connectivity index (χ0) is 10.7. The molecule has 5 heteroatoms. The highest BCUT2D eigenvalue weighted by Crippen LogP contribution is 2.24. The number of halogens is 1. The van der Waals surface area contributed by atoms with E-state index in [0.29, 0.717) is 17.8 Å². The quantitative estimate of drug-likeness (QED) is 0.747. The summed E-state index contributed by atoms with van der Waals surface area (Å²) in [5.74, 6) is 1.65. The van der Waals surface area contributed by atoms with Gasteiger partial charge in [0.05, 0.1) is 0 Å². The second-order valence-electron chi connectivity index (χ2n) is 3.95. The van der Waals surface area contributed by atoms with Gasteiger partial charge in [-0.1, -0.05) is 18.4 Å². The SMILES string of the molecule is CCC1CCN(c2nnc(CCl)o2)CC1. The zero-order valence-corrected chi connectivity index (χ0v) is 9.70. The van der Waals surface area contributed by atoms with Crippen LogP contribution in [-0.2, 0) is 5.88 Å². The van der Waals surface area contributed by atoms with Crippen molar-refractivity contribution in [3.63, 3.8) is 0 Å². The predicted molar refractivity (Wildman–Crippen MR) is 59.1 cm³/mol. The molecule has 0 atom stereocenters. The summed E-state index contributed by atoms with van der Waals surface area (Å²) in [5, 5.41) is 7.85. The van der Waals surface area contributed by atoms with Gasteiger partial charge in [-0.25, -0.2) is 0 Å². The Morgan fingerprint density at radius 2 is 2.13 bits per heavy atom. The van der Waals surface area contributed by atoms with Crippen molar-refractivity contribution >= 4 is 17.6 Å². The summed E-state index contributed by atoms with van der Waals surface area (Å²) in [6.45, 7) is 4.28. The smallest absolute Gasteiger partial charge is 0.318 e. The number of hydrogen-bond donors (Lipinski definition) is 0. The lowest BCUT2D eigenvalue weighted by Crippen LogP contribution is -2.33. The maximum absolute atomic E-state index is 5.61. The largest absolute Gasteiger partial charge is 0.407 e. The summed E-state index contributed by atoms with van der Waals surface area (Å²) in [7, 11) is 0. The molecule has 1 aromatic heterocycles. The highest BCUT2D eigenvalue weighted by molar-refractivity contribution is 6.16. The number of anilines is 1. The van der Waals surface area contributed by atoms with Gasteiger partial charge >= 0.3 is 6.01 Å². The van der Waals surface area contributed by atoms with Gasteiger partial charge in [-0.15, -0.1) is 16.7 Å². The molecule has 0 aromatic carbocycles. The predicted octanol–water partition coefficient (Wildman–Crippen LogP) is 2.43. The van der Waals surface area contributed by atoms with Crippen molar-refractivity contribution in [1.29, 1.82) is 0 Å². The van der Waals surface area contributed by atoms with Gasteiger partial charge in [0.2, 0.25) is 5.89 Å². The molecule has 1 fully saturated rings. The molecule has 15 heavy (non-hydrogen) atoms. The molecule has 2 heterocycles. The van der Waals surface area contributed by atoms with Crippen molar-refractivity contribution in [2.24, 2.45) is 5.92 Å². The molecule has 0 bridgehead atoms. The first-order chi connectivity index (χ1) is 7.33. The molecule has 84 valence electrons. The fraction of sp³-hybridized carbons (Fsp3) is 0.800. The third kappa shape index (κ3) is 2.43. The van der Waals surface area contributed by atoms with Crippen molar-refractivity contribution < 1.29 is 4.42 Å². The van der Waals surface area contributed by atoms with Crippen LogP contribution >= 0.6 is 11.6 Å². The second kappa shape index (κ2) is 4.84. The van der Waals surface area contributed by atoms with Crippen LogP contribution in [0.15, 0.2) is 4.42 Å². The number of nitrogens with zero attached hydrogens (tertiary/aromatic N) is 3. The second-order valence-corrected chi connectivity index (χ2v) is 4.22. The van der Waals surface area contributed by atoms with Crippen LogP contribution in [0.5, 0.6) is 0 Å². The minimum absolute atomic E-state index is 0.290. The molecule has 1 aliphatic heterocycles. The molecule has 1 aromatic rings. The monoisotopic (exact) mass is 229 g/mol. The third-order valence-electron chi connectivity index (χ3n) is 3.03. The minimum atomic E-state index is 0.290. The van der Waals surface area contributed by atoms with Crippen LogP contribution in [0.3, 0.4) is 0 Å². The number of hydrogen-bond acceptors (Lipinski definition) is 4. The summed E-state index contributed by atoms with van der Waals surface area (Å²) < 4.78 is 5.41. The summed E-state index contributed by atoms with van der Waals surface area (Å²) >= 11 is 5.61. The van der Waals surface area contributed by atoms with Crippen LogP contribution < -0.4 is 4.90 Å². The van der Waals surface area contributed by atoms with Crippen LogP contribution in [-0.4, -0.2) is 23.3 Å². The molecule has 0 unspecified atom stereocenters. The number of alkyl halides is 1. The Hall–Kier alpha value is -0.770. The van der Waals surface area contributed by atoms with Gasteiger partial charge in [0.25, 0.3) is 0 Å². The van der Waals surface area contributed by atoms with Gasteiger partial charge in [0, 0.05) is 13.1 Å². The topological polar surface area (TPSA) is 42.2 Å². The molecule has 1 saturated heterocycles. The molecule has 0 radical (unpaired) electrons. The molecular formula is C10H16ClN3O. The standard InChI is InChI=1S/C10H16ClN3O/c1-2-8-3-5-14(6-4-8)10-13-12-9(7-11)15-10/h8H,2-7H2,1H3. The highest BCUT2D eigenvalue weighted by atomic mass is 35.5. The van der Waals surface area contributed by atoms with E-state index in [-0.39, 0.29) is 0 Å². The first-order valence-corrected chi connectivity index (χ1v) is 6.00. The van der Waals surface area contributed by atoms with E-state index in [1.165, 1.54) is 19.3 Å². The average Bonchev–Trinajstić information content (AvgIpc) is 2.78. The van der Waals surface area contributed by atoms with E-state index in [1.807, 2.05) is 0 Å². The Balaban J connectivity index is 1.95. The molecule has 4 nitrogen and oxygen atoms in total. The van der Waals surface area contributed by atoms with Crippen molar-refractivity contribution in [2.75, 3.05) is 18.0 Å². The van der Waals surface area contributed by atoms with Crippen molar-refractivity contribution in [2.45, 2.75) is 32.1 Å². The van der Waals surface area contributed by atoms with E-state index in [2.05, 4.69) is 22.0 Å². The highest BCUT2D eigenvalue weighted by Gasteiger charge is 2.21. The molecule has 1 aliphatic rings. The Kier molecular flexibility index (Phi) is 3.46. The molecule has 0 amide bonds. The molecule has 0 spiro atoms. The molecular weight excluding hydrogens is 214 g/mol. The summed E-state index contributed by atoms with van der Waals surface area (Å²) in [6, 6.07) is 0.625. The minimum Gasteiger partial charge on any atom is -0.407 e. The zero-order valence-electron chi connectivity index (χ0n) is 8.95. The van der Waals surface area contributed by atoms with Gasteiger partial charge in [0.15, 0.2) is 0 Å². The summed E-state index contributed by atoms with van der Waals surface area (Å²) in [6.07, 6.45) is 3.70. The van der Waals surface area contributed by atoms with Gasteiger partial charge in [-0.3, -0.25) is 0 Å². The van der Waals surface area contributed by atoms with Gasteiger partial charge < -0.3 is 9.32 Å². The van der Waals surface area contributed by atoms with E-state index < -0.39 is 0 Å². The Morgan fingerprint density at radius 3 is 2.67 bits per heavy atom. The first-order valence-electron chi connectivity index (χ1n) is 5.46. The molecule has 0 N–H and O–H groups in total. The first kappa shape index (κ1) is 10.7. The number of rotatable bonds is 3. The van der Waals surface area contributed by atoms with E-state index in [1.54, 1.807) is 0 Å². The fourth-order valence-electron chi connectivity index (χ4n) is 1.96. The summed E-state index contributed by atoms with van der Waals surface area (Å²) in [5.41, 5.74) is 0. The van der Waals surface area contributed by atoms with Crippen LogP contribution in [0.2, 0.25) is 0 Å². The van der Waals surface area contributed by atoms with E-state index in [0.717, 1.165) is 19.0 Å². The maximum Gasteiger partial charge on any atom is 0.318 e. The average molecular weight is 230 g/mol. The van der Waals surface area contributed by atoms with Crippen LogP contribution in [0, 0.1) is 5.92 Å². The van der Waals surface area contributed by atoms with Gasteiger partial charge in [-0.2, -0.15) is 0 Å². The number of aromatic nitrogens is 2. The van der Waals surface area contributed by atoms with E-state index >= 15 is 0 Å². The third-order valence-corrected chi connectivity index (χ3v) is 3.26. The normalized spacial score (nSPS) is 18.4. The van der Waals surface area contributed by atoms with Gasteiger partial charge in [-0.05, 0) is 18.8 Å². The lowest BCUT2D eigenvalue weighted by atomic mass is 9.95. The van der Waals surface area contributed by atoms with Crippen molar-refractivity contribution in [3.05, 3.63) is 5.89 Å². The van der Waals surface area contributed by atoms with E-state index in [9.17, 15) is 0 Å². The van der Waals surface area contributed by atoms with Gasteiger partial charge in [0.1, 0.15) is 5.88 Å². The number of piperidine rings is 1. The van der Waals surface area contributed by atoms with Crippen LogP contribution in [0.4, 0.5) is 6.01 Å². The fourth-order valence-corrected chi connectivity index (χ4v) is 2.07. The van der Waals surface area contributed by atoms with Crippen LogP contribution in [0.1, 0.15) is 32.1 Å². The Labute approximate surface area is 94.6 Å². The Morgan fingerprint density at radius 1 is 1.40 bits per heavy atom.